The fourth-order valence-corrected chi connectivity index (χ4v) is 2.09. The molecule has 0 heterocycles. The molecule has 0 bridgehead atoms. The average molecular weight is 180 g/mol. The normalized spacial score (nSPS) is 15.5. The number of aryl methyl sites for hydroxylation is 1. The third kappa shape index (κ3) is 1.30. The van der Waals surface area contributed by atoms with Gasteiger partial charge in [-0.1, -0.05) is 0 Å². The fraction of sp³-hybridized carbons (Fsp3) is 0.455. The van der Waals surface area contributed by atoms with Crippen LogP contribution in [0.3, 0.4) is 0 Å². The predicted octanol–water partition coefficient (Wildman–Crippen LogP) is 2.72. The van der Waals surface area contributed by atoms with Crippen LogP contribution in [0, 0.1) is 12.7 Å². The van der Waals surface area contributed by atoms with E-state index in [1.807, 2.05) is 6.92 Å². The van der Waals surface area contributed by atoms with Crippen LogP contribution in [0.5, 0.6) is 5.75 Å². The number of hydrogen-bond acceptors (Lipinski definition) is 1. The molecule has 2 heteroatoms. The lowest BCUT2D eigenvalue weighted by Crippen LogP contribution is -2.06. The van der Waals surface area contributed by atoms with Crippen molar-refractivity contribution in [2.45, 2.75) is 32.6 Å². The standard InChI is InChI=1S/C11H13FO/c1-7-6-10(12)11(13)9-5-3-2-4-8(7)9/h6,13H,2-5H2,1H3. The van der Waals surface area contributed by atoms with Crippen molar-refractivity contribution in [2.24, 2.45) is 0 Å². The van der Waals surface area contributed by atoms with Crippen LogP contribution in [0.4, 0.5) is 4.39 Å². The maximum absolute atomic E-state index is 13.1. The Labute approximate surface area is 77.2 Å². The fourth-order valence-electron chi connectivity index (χ4n) is 2.09. The third-order valence-corrected chi connectivity index (χ3v) is 2.80. The molecule has 0 amide bonds. The maximum atomic E-state index is 13.1. The Morgan fingerprint density at radius 1 is 1.23 bits per heavy atom. The van der Waals surface area contributed by atoms with Gasteiger partial charge in [0.1, 0.15) is 0 Å². The van der Waals surface area contributed by atoms with Crippen LogP contribution in [0.25, 0.3) is 0 Å². The van der Waals surface area contributed by atoms with Gasteiger partial charge in [0, 0.05) is 5.56 Å². The van der Waals surface area contributed by atoms with Crippen molar-refractivity contribution in [2.75, 3.05) is 0 Å². The highest BCUT2D eigenvalue weighted by atomic mass is 19.1. The second kappa shape index (κ2) is 3.02. The van der Waals surface area contributed by atoms with E-state index in [4.69, 9.17) is 0 Å². The van der Waals surface area contributed by atoms with E-state index in [1.54, 1.807) is 0 Å². The van der Waals surface area contributed by atoms with Gasteiger partial charge in [-0.2, -0.15) is 0 Å². The molecule has 13 heavy (non-hydrogen) atoms. The minimum atomic E-state index is -0.474. The minimum Gasteiger partial charge on any atom is -0.505 e. The van der Waals surface area contributed by atoms with Gasteiger partial charge in [0.05, 0.1) is 0 Å². The quantitative estimate of drug-likeness (QED) is 0.650. The van der Waals surface area contributed by atoms with Crippen LogP contribution in [0.1, 0.15) is 29.5 Å². The van der Waals surface area contributed by atoms with Crippen molar-refractivity contribution >= 4 is 0 Å². The van der Waals surface area contributed by atoms with E-state index in [0.717, 1.165) is 42.4 Å². The number of phenolic OH excluding ortho intramolecular Hbond substituents is 1. The lowest BCUT2D eigenvalue weighted by Gasteiger charge is -2.19. The van der Waals surface area contributed by atoms with Gasteiger partial charge in [0.25, 0.3) is 0 Å². The van der Waals surface area contributed by atoms with Crippen LogP contribution in [-0.4, -0.2) is 5.11 Å². The first-order chi connectivity index (χ1) is 6.20. The van der Waals surface area contributed by atoms with Gasteiger partial charge < -0.3 is 5.11 Å². The highest BCUT2D eigenvalue weighted by molar-refractivity contribution is 5.46. The second-order valence-electron chi connectivity index (χ2n) is 3.69. The zero-order chi connectivity index (χ0) is 9.42. The van der Waals surface area contributed by atoms with E-state index in [9.17, 15) is 9.50 Å². The SMILES string of the molecule is Cc1cc(F)c(O)c2c1CCCC2. The largest absolute Gasteiger partial charge is 0.505 e. The van der Waals surface area contributed by atoms with Crippen molar-refractivity contribution in [1.29, 1.82) is 0 Å². The summed E-state index contributed by atoms with van der Waals surface area (Å²) in [6.07, 6.45) is 4.01. The Balaban J connectivity index is 2.63. The molecule has 0 atom stereocenters. The first-order valence-corrected chi connectivity index (χ1v) is 4.70. The number of aromatic hydroxyl groups is 1. The molecule has 1 nitrogen and oxygen atoms in total. The highest BCUT2D eigenvalue weighted by Crippen LogP contribution is 2.33. The Hall–Kier alpha value is -1.05. The minimum absolute atomic E-state index is 0.125. The number of benzene rings is 1. The lowest BCUT2D eigenvalue weighted by molar-refractivity contribution is 0.420. The van der Waals surface area contributed by atoms with Crippen molar-refractivity contribution in [3.63, 3.8) is 0 Å². The van der Waals surface area contributed by atoms with E-state index in [-0.39, 0.29) is 5.75 Å². The van der Waals surface area contributed by atoms with E-state index < -0.39 is 5.82 Å². The van der Waals surface area contributed by atoms with Crippen LogP contribution in [0.2, 0.25) is 0 Å². The van der Waals surface area contributed by atoms with Gasteiger partial charge in [-0.3, -0.25) is 0 Å². The molecule has 1 aliphatic carbocycles. The van der Waals surface area contributed by atoms with Crippen molar-refractivity contribution in [3.8, 4) is 5.75 Å². The number of fused-ring (bicyclic) bond motifs is 1. The summed E-state index contributed by atoms with van der Waals surface area (Å²) >= 11 is 0. The van der Waals surface area contributed by atoms with Crippen molar-refractivity contribution in [1.82, 2.24) is 0 Å². The van der Waals surface area contributed by atoms with E-state index >= 15 is 0 Å². The van der Waals surface area contributed by atoms with Gasteiger partial charge >= 0.3 is 0 Å². The van der Waals surface area contributed by atoms with Gasteiger partial charge in [0.2, 0.25) is 0 Å². The average Bonchev–Trinajstić information content (AvgIpc) is 2.15. The second-order valence-corrected chi connectivity index (χ2v) is 3.69. The van der Waals surface area contributed by atoms with Gasteiger partial charge in [-0.05, 0) is 49.8 Å². The summed E-state index contributed by atoms with van der Waals surface area (Å²) in [5, 5.41) is 9.49. The molecule has 1 aromatic carbocycles. The summed E-state index contributed by atoms with van der Waals surface area (Å²) in [5.74, 6) is -0.599. The molecule has 70 valence electrons. The summed E-state index contributed by atoms with van der Waals surface area (Å²) in [7, 11) is 0. The molecule has 2 rings (SSSR count). The van der Waals surface area contributed by atoms with E-state index in [2.05, 4.69) is 0 Å². The number of halogens is 1. The lowest BCUT2D eigenvalue weighted by atomic mass is 9.88. The molecular weight excluding hydrogens is 167 g/mol. The van der Waals surface area contributed by atoms with Gasteiger partial charge in [-0.15, -0.1) is 0 Å². The topological polar surface area (TPSA) is 20.2 Å². The highest BCUT2D eigenvalue weighted by Gasteiger charge is 2.18. The Bertz CT molecular complexity index is 344. The molecule has 0 aliphatic heterocycles. The number of hydrogen-bond donors (Lipinski definition) is 1. The summed E-state index contributed by atoms with van der Waals surface area (Å²) in [6.45, 7) is 1.91. The van der Waals surface area contributed by atoms with E-state index in [0.29, 0.717) is 0 Å². The first-order valence-electron chi connectivity index (χ1n) is 4.70. The zero-order valence-corrected chi connectivity index (χ0v) is 7.73. The van der Waals surface area contributed by atoms with Crippen LogP contribution in [0.15, 0.2) is 6.07 Å². The molecular formula is C11H13FO. The van der Waals surface area contributed by atoms with Crippen LogP contribution < -0.4 is 0 Å². The van der Waals surface area contributed by atoms with Crippen LogP contribution in [-0.2, 0) is 12.8 Å². The molecule has 0 spiro atoms. The molecule has 0 aromatic heterocycles. The van der Waals surface area contributed by atoms with E-state index in [1.165, 1.54) is 6.07 Å². The molecule has 1 aromatic rings. The summed E-state index contributed by atoms with van der Waals surface area (Å²) < 4.78 is 13.1. The maximum Gasteiger partial charge on any atom is 0.165 e. The van der Waals surface area contributed by atoms with Gasteiger partial charge in [0.15, 0.2) is 11.6 Å². The first kappa shape index (κ1) is 8.54. The predicted molar refractivity (Wildman–Crippen MR) is 49.4 cm³/mol. The monoisotopic (exact) mass is 180 g/mol. The molecule has 1 aliphatic rings. The smallest absolute Gasteiger partial charge is 0.165 e. The molecule has 0 radical (unpaired) electrons. The van der Waals surface area contributed by atoms with Gasteiger partial charge in [-0.25, -0.2) is 4.39 Å². The number of phenols is 1. The summed E-state index contributed by atoms with van der Waals surface area (Å²) in [5.41, 5.74) is 2.97. The zero-order valence-electron chi connectivity index (χ0n) is 7.73. The van der Waals surface area contributed by atoms with Crippen LogP contribution >= 0.6 is 0 Å². The molecule has 0 saturated heterocycles. The molecule has 0 unspecified atom stereocenters. The number of rotatable bonds is 0. The molecule has 0 saturated carbocycles. The van der Waals surface area contributed by atoms with Crippen molar-refractivity contribution in [3.05, 3.63) is 28.6 Å². The third-order valence-electron chi connectivity index (χ3n) is 2.80. The molecule has 0 fully saturated rings. The summed E-state index contributed by atoms with van der Waals surface area (Å²) in [4.78, 5) is 0. The molecule has 1 N–H and O–H groups in total. The Morgan fingerprint density at radius 2 is 1.85 bits per heavy atom. The Kier molecular flexibility index (Phi) is 1.98. The van der Waals surface area contributed by atoms with Crippen molar-refractivity contribution < 1.29 is 9.50 Å². The Morgan fingerprint density at radius 3 is 2.54 bits per heavy atom. The summed E-state index contributed by atoms with van der Waals surface area (Å²) in [6, 6.07) is 1.43.